The second-order valence-corrected chi connectivity index (χ2v) is 8.41. The van der Waals surface area contributed by atoms with Gasteiger partial charge in [-0.25, -0.2) is 4.83 Å². The van der Waals surface area contributed by atoms with Gasteiger partial charge in [-0.3, -0.25) is 0 Å². The van der Waals surface area contributed by atoms with Crippen LogP contribution in [0.3, 0.4) is 0 Å². The fraction of sp³-hybridized carbons (Fsp3) is 0.588. The number of aryl methyl sites for hydroxylation is 1. The number of sulfonamides is 1. The van der Waals surface area contributed by atoms with Gasteiger partial charge in [0.25, 0.3) is 10.0 Å². The Kier molecular flexibility index (Phi) is 5.27. The number of hydrazone groups is 1. The predicted octanol–water partition coefficient (Wildman–Crippen LogP) is 3.72. The molecule has 22 heavy (non-hydrogen) atoms. The van der Waals surface area contributed by atoms with Gasteiger partial charge in [0.2, 0.25) is 0 Å². The third kappa shape index (κ3) is 4.09. The number of rotatable bonds is 4. The standard InChI is InChI=1S/C17H26N2O2S/c1-12(2)16-10-7-14(4)11-17(16)18-19-22(20,21)15-8-5-13(3)6-9-15/h5-6,8-9,12,14,16,19H,7,10-11H2,1-4H3/b18-17-/t14-,16-/m1/s1. The van der Waals surface area contributed by atoms with Gasteiger partial charge < -0.3 is 0 Å². The summed E-state index contributed by atoms with van der Waals surface area (Å²) in [7, 11) is -3.58. The second-order valence-electron chi connectivity index (χ2n) is 6.75. The molecule has 0 aliphatic heterocycles. The first-order valence-corrected chi connectivity index (χ1v) is 9.43. The summed E-state index contributed by atoms with van der Waals surface area (Å²) in [5.74, 6) is 1.42. The zero-order chi connectivity index (χ0) is 16.3. The summed E-state index contributed by atoms with van der Waals surface area (Å²) in [4.78, 5) is 2.69. The molecule has 1 N–H and O–H groups in total. The molecule has 0 saturated heterocycles. The lowest BCUT2D eigenvalue weighted by molar-refractivity contribution is 0.363. The Morgan fingerprint density at radius 3 is 2.41 bits per heavy atom. The number of hydrogen-bond acceptors (Lipinski definition) is 3. The van der Waals surface area contributed by atoms with E-state index in [9.17, 15) is 8.42 Å². The monoisotopic (exact) mass is 322 g/mol. The zero-order valence-electron chi connectivity index (χ0n) is 13.8. The van der Waals surface area contributed by atoms with Gasteiger partial charge in [0.15, 0.2) is 0 Å². The molecule has 0 spiro atoms. The maximum absolute atomic E-state index is 12.3. The van der Waals surface area contributed by atoms with Gasteiger partial charge in [0.05, 0.1) is 4.90 Å². The molecule has 0 heterocycles. The van der Waals surface area contributed by atoms with Crippen molar-refractivity contribution in [2.24, 2.45) is 22.9 Å². The lowest BCUT2D eigenvalue weighted by atomic mass is 9.76. The molecule has 2 atom stereocenters. The minimum absolute atomic E-state index is 0.257. The third-order valence-electron chi connectivity index (χ3n) is 4.40. The van der Waals surface area contributed by atoms with Crippen molar-refractivity contribution in [2.45, 2.75) is 51.9 Å². The van der Waals surface area contributed by atoms with E-state index in [0.29, 0.717) is 17.8 Å². The van der Waals surface area contributed by atoms with Gasteiger partial charge in [-0.2, -0.15) is 13.5 Å². The van der Waals surface area contributed by atoms with Crippen molar-refractivity contribution in [3.63, 3.8) is 0 Å². The molecule has 1 fully saturated rings. The van der Waals surface area contributed by atoms with Crippen LogP contribution in [0, 0.1) is 24.7 Å². The molecule has 1 aromatic rings. The Bertz CT molecular complexity index is 633. The highest BCUT2D eigenvalue weighted by atomic mass is 32.2. The van der Waals surface area contributed by atoms with Gasteiger partial charge in [0, 0.05) is 11.6 Å². The average molecular weight is 322 g/mol. The quantitative estimate of drug-likeness (QED) is 0.859. The topological polar surface area (TPSA) is 58.5 Å². The van der Waals surface area contributed by atoms with E-state index in [-0.39, 0.29) is 4.90 Å². The number of benzene rings is 1. The van der Waals surface area contributed by atoms with Crippen LogP contribution in [0.2, 0.25) is 0 Å². The molecule has 0 aromatic heterocycles. The van der Waals surface area contributed by atoms with Crippen LogP contribution in [-0.2, 0) is 10.0 Å². The molecule has 5 heteroatoms. The summed E-state index contributed by atoms with van der Waals surface area (Å²) < 4.78 is 24.7. The Morgan fingerprint density at radius 1 is 1.18 bits per heavy atom. The minimum atomic E-state index is -3.58. The van der Waals surface area contributed by atoms with Crippen molar-refractivity contribution in [3.05, 3.63) is 29.8 Å². The van der Waals surface area contributed by atoms with Gasteiger partial charge in [-0.15, -0.1) is 0 Å². The smallest absolute Gasteiger partial charge is 0.200 e. The average Bonchev–Trinajstić information content (AvgIpc) is 2.45. The van der Waals surface area contributed by atoms with Crippen molar-refractivity contribution in [1.82, 2.24) is 4.83 Å². The van der Waals surface area contributed by atoms with Gasteiger partial charge in [-0.05, 0) is 50.2 Å². The molecule has 0 amide bonds. The molecule has 1 aliphatic carbocycles. The fourth-order valence-corrected chi connectivity index (χ4v) is 3.81. The fourth-order valence-electron chi connectivity index (χ4n) is 2.98. The predicted molar refractivity (Wildman–Crippen MR) is 90.3 cm³/mol. The minimum Gasteiger partial charge on any atom is -0.200 e. The zero-order valence-corrected chi connectivity index (χ0v) is 14.7. The molecular formula is C17H26N2O2S. The van der Waals surface area contributed by atoms with Crippen molar-refractivity contribution < 1.29 is 8.42 Å². The summed E-state index contributed by atoms with van der Waals surface area (Å²) in [6.07, 6.45) is 3.15. The molecule has 0 radical (unpaired) electrons. The first kappa shape index (κ1) is 17.0. The summed E-state index contributed by atoms with van der Waals surface area (Å²) in [6.45, 7) is 8.47. The van der Waals surface area contributed by atoms with Crippen molar-refractivity contribution in [2.75, 3.05) is 0 Å². The van der Waals surface area contributed by atoms with Gasteiger partial charge in [0.1, 0.15) is 0 Å². The Labute approximate surface area is 134 Å². The van der Waals surface area contributed by atoms with E-state index in [1.807, 2.05) is 6.92 Å². The highest BCUT2D eigenvalue weighted by molar-refractivity contribution is 7.89. The first-order chi connectivity index (χ1) is 10.3. The summed E-state index contributed by atoms with van der Waals surface area (Å²) in [5, 5.41) is 4.29. The lowest BCUT2D eigenvalue weighted by Crippen LogP contribution is -2.31. The SMILES string of the molecule is Cc1ccc(S(=O)(=O)N/N=C2/C[C@H](C)CC[C@@H]2C(C)C)cc1. The van der Waals surface area contributed by atoms with E-state index in [0.717, 1.165) is 24.1 Å². The number of nitrogens with one attached hydrogen (secondary N) is 1. The van der Waals surface area contributed by atoms with Crippen molar-refractivity contribution >= 4 is 15.7 Å². The molecule has 1 aromatic carbocycles. The number of hydrogen-bond donors (Lipinski definition) is 1. The third-order valence-corrected chi connectivity index (χ3v) is 5.63. The van der Waals surface area contributed by atoms with Crippen LogP contribution in [0.25, 0.3) is 0 Å². The number of nitrogens with zero attached hydrogens (tertiary/aromatic N) is 1. The Hall–Kier alpha value is -1.36. The van der Waals surface area contributed by atoms with Crippen LogP contribution in [0.1, 0.15) is 45.6 Å². The molecule has 1 aliphatic rings. The molecule has 0 unspecified atom stereocenters. The first-order valence-electron chi connectivity index (χ1n) is 7.94. The summed E-state index contributed by atoms with van der Waals surface area (Å²) >= 11 is 0. The van der Waals surface area contributed by atoms with Crippen molar-refractivity contribution in [1.29, 1.82) is 0 Å². The summed E-state index contributed by atoms with van der Waals surface area (Å²) in [6, 6.07) is 6.81. The van der Waals surface area contributed by atoms with E-state index in [1.165, 1.54) is 6.42 Å². The van der Waals surface area contributed by atoms with Crippen LogP contribution >= 0.6 is 0 Å². The second kappa shape index (κ2) is 6.82. The molecule has 122 valence electrons. The van der Waals surface area contributed by atoms with E-state index >= 15 is 0 Å². The maximum atomic E-state index is 12.3. The van der Waals surface area contributed by atoms with E-state index in [1.54, 1.807) is 24.3 Å². The van der Waals surface area contributed by atoms with Crippen LogP contribution < -0.4 is 4.83 Å². The molecule has 4 nitrogen and oxygen atoms in total. The van der Waals surface area contributed by atoms with Crippen LogP contribution in [0.15, 0.2) is 34.3 Å². The molecule has 2 rings (SSSR count). The van der Waals surface area contributed by atoms with Gasteiger partial charge >= 0.3 is 0 Å². The van der Waals surface area contributed by atoms with E-state index in [4.69, 9.17) is 0 Å². The normalized spacial score (nSPS) is 24.7. The Morgan fingerprint density at radius 2 is 1.82 bits per heavy atom. The maximum Gasteiger partial charge on any atom is 0.276 e. The lowest BCUT2D eigenvalue weighted by Gasteiger charge is -2.30. The van der Waals surface area contributed by atoms with E-state index < -0.39 is 10.0 Å². The largest absolute Gasteiger partial charge is 0.276 e. The summed E-state index contributed by atoms with van der Waals surface area (Å²) in [5.41, 5.74) is 2.02. The van der Waals surface area contributed by atoms with E-state index in [2.05, 4.69) is 30.7 Å². The van der Waals surface area contributed by atoms with Crippen LogP contribution in [0.4, 0.5) is 0 Å². The highest BCUT2D eigenvalue weighted by Crippen LogP contribution is 2.31. The molecule has 1 saturated carbocycles. The highest BCUT2D eigenvalue weighted by Gasteiger charge is 2.27. The van der Waals surface area contributed by atoms with Crippen molar-refractivity contribution in [3.8, 4) is 0 Å². The Balaban J connectivity index is 2.19. The molecule has 0 bridgehead atoms. The molecular weight excluding hydrogens is 296 g/mol. The van der Waals surface area contributed by atoms with Crippen LogP contribution in [-0.4, -0.2) is 14.1 Å². The van der Waals surface area contributed by atoms with Gasteiger partial charge in [-0.1, -0.05) is 38.5 Å². The van der Waals surface area contributed by atoms with Crippen LogP contribution in [0.5, 0.6) is 0 Å².